The standard InChI is InChI=1S/C14H21FN2/c1-14(16-2)7-9-17(10-8-14)11-12-5-3-4-6-13(12)15/h3-6,16H,7-11H2,1-2H3. The fourth-order valence-electron chi connectivity index (χ4n) is 2.32. The number of nitrogens with zero attached hydrogens (tertiary/aromatic N) is 1. The fraction of sp³-hybridized carbons (Fsp3) is 0.571. The monoisotopic (exact) mass is 236 g/mol. The minimum Gasteiger partial charge on any atom is -0.314 e. The molecule has 0 amide bonds. The molecule has 0 saturated carbocycles. The van der Waals surface area contributed by atoms with Gasteiger partial charge in [-0.05, 0) is 32.9 Å². The highest BCUT2D eigenvalue weighted by atomic mass is 19.1. The first-order valence-electron chi connectivity index (χ1n) is 6.28. The summed E-state index contributed by atoms with van der Waals surface area (Å²) in [5, 5.41) is 3.38. The summed E-state index contributed by atoms with van der Waals surface area (Å²) in [4.78, 5) is 2.33. The second-order valence-corrected chi connectivity index (χ2v) is 5.18. The molecule has 0 aromatic heterocycles. The molecular weight excluding hydrogens is 215 g/mol. The third-order valence-corrected chi connectivity index (χ3v) is 3.91. The predicted molar refractivity (Wildman–Crippen MR) is 68.4 cm³/mol. The number of rotatable bonds is 3. The van der Waals surface area contributed by atoms with Crippen LogP contribution in [0, 0.1) is 5.82 Å². The van der Waals surface area contributed by atoms with Gasteiger partial charge in [-0.1, -0.05) is 18.2 Å². The Morgan fingerprint density at radius 2 is 1.94 bits per heavy atom. The molecule has 1 aromatic rings. The molecule has 0 atom stereocenters. The van der Waals surface area contributed by atoms with E-state index in [0.29, 0.717) is 0 Å². The predicted octanol–water partition coefficient (Wildman–Crippen LogP) is 2.40. The first-order chi connectivity index (χ1) is 8.13. The molecule has 0 radical (unpaired) electrons. The van der Waals surface area contributed by atoms with E-state index >= 15 is 0 Å². The molecule has 17 heavy (non-hydrogen) atoms. The minimum absolute atomic E-state index is 0.0885. The van der Waals surface area contributed by atoms with Crippen molar-refractivity contribution in [1.82, 2.24) is 10.2 Å². The van der Waals surface area contributed by atoms with Crippen LogP contribution in [-0.2, 0) is 6.54 Å². The van der Waals surface area contributed by atoms with Crippen LogP contribution in [0.5, 0.6) is 0 Å². The van der Waals surface area contributed by atoms with Crippen LogP contribution in [-0.4, -0.2) is 30.6 Å². The van der Waals surface area contributed by atoms with Gasteiger partial charge in [-0.25, -0.2) is 4.39 Å². The molecule has 1 N–H and O–H groups in total. The van der Waals surface area contributed by atoms with Crippen LogP contribution in [0.3, 0.4) is 0 Å². The Bertz CT molecular complexity index is 370. The van der Waals surface area contributed by atoms with Crippen LogP contribution in [0.1, 0.15) is 25.3 Å². The Morgan fingerprint density at radius 1 is 1.29 bits per heavy atom. The molecule has 1 fully saturated rings. The largest absolute Gasteiger partial charge is 0.314 e. The molecule has 2 rings (SSSR count). The molecule has 2 nitrogen and oxygen atoms in total. The number of nitrogens with one attached hydrogen (secondary N) is 1. The molecule has 1 aliphatic rings. The van der Waals surface area contributed by atoms with Crippen molar-refractivity contribution in [2.24, 2.45) is 0 Å². The van der Waals surface area contributed by atoms with E-state index in [1.165, 1.54) is 6.07 Å². The van der Waals surface area contributed by atoms with Crippen LogP contribution in [0.25, 0.3) is 0 Å². The number of hydrogen-bond acceptors (Lipinski definition) is 2. The minimum atomic E-state index is -0.0885. The van der Waals surface area contributed by atoms with Gasteiger partial charge in [-0.3, -0.25) is 4.90 Å². The Hall–Kier alpha value is -0.930. The van der Waals surface area contributed by atoms with Crippen LogP contribution in [0.15, 0.2) is 24.3 Å². The van der Waals surface area contributed by atoms with Gasteiger partial charge in [0.1, 0.15) is 5.82 Å². The summed E-state index contributed by atoms with van der Waals surface area (Å²) in [6, 6.07) is 7.06. The Balaban J connectivity index is 1.93. The van der Waals surface area contributed by atoms with Crippen molar-refractivity contribution in [1.29, 1.82) is 0 Å². The van der Waals surface area contributed by atoms with Gasteiger partial charge in [-0.2, -0.15) is 0 Å². The zero-order valence-electron chi connectivity index (χ0n) is 10.7. The second kappa shape index (κ2) is 5.15. The van der Waals surface area contributed by atoms with E-state index in [4.69, 9.17) is 0 Å². The van der Waals surface area contributed by atoms with E-state index in [1.54, 1.807) is 6.07 Å². The van der Waals surface area contributed by atoms with Gasteiger partial charge < -0.3 is 5.32 Å². The van der Waals surface area contributed by atoms with Crippen LogP contribution >= 0.6 is 0 Å². The van der Waals surface area contributed by atoms with Crippen molar-refractivity contribution in [3.05, 3.63) is 35.6 Å². The summed E-state index contributed by atoms with van der Waals surface area (Å²) in [6.07, 6.45) is 2.25. The van der Waals surface area contributed by atoms with Crippen molar-refractivity contribution < 1.29 is 4.39 Å². The van der Waals surface area contributed by atoms with Crippen molar-refractivity contribution >= 4 is 0 Å². The molecule has 1 heterocycles. The number of halogens is 1. The van der Waals surface area contributed by atoms with Crippen LogP contribution in [0.2, 0.25) is 0 Å². The van der Waals surface area contributed by atoms with Gasteiger partial charge in [0.2, 0.25) is 0 Å². The molecule has 0 spiro atoms. The van der Waals surface area contributed by atoms with Gasteiger partial charge in [0.05, 0.1) is 0 Å². The summed E-state index contributed by atoms with van der Waals surface area (Å²) in [7, 11) is 2.02. The Morgan fingerprint density at radius 3 is 2.53 bits per heavy atom. The van der Waals surface area contributed by atoms with E-state index in [1.807, 2.05) is 19.2 Å². The van der Waals surface area contributed by atoms with Crippen molar-refractivity contribution in [3.63, 3.8) is 0 Å². The van der Waals surface area contributed by atoms with Gasteiger partial charge in [-0.15, -0.1) is 0 Å². The average molecular weight is 236 g/mol. The summed E-state index contributed by atoms with van der Waals surface area (Å²) < 4.78 is 13.5. The lowest BCUT2D eigenvalue weighted by Crippen LogP contribution is -2.49. The summed E-state index contributed by atoms with van der Waals surface area (Å²) in [5.41, 5.74) is 1.06. The fourth-order valence-corrected chi connectivity index (χ4v) is 2.32. The zero-order valence-corrected chi connectivity index (χ0v) is 10.7. The lowest BCUT2D eigenvalue weighted by atomic mass is 9.90. The Kier molecular flexibility index (Phi) is 3.79. The summed E-state index contributed by atoms with van der Waals surface area (Å²) in [6.45, 7) is 5.05. The van der Waals surface area contributed by atoms with Crippen molar-refractivity contribution in [2.45, 2.75) is 31.8 Å². The molecule has 1 aromatic carbocycles. The van der Waals surface area contributed by atoms with E-state index in [2.05, 4.69) is 17.1 Å². The first-order valence-corrected chi connectivity index (χ1v) is 6.28. The lowest BCUT2D eigenvalue weighted by Gasteiger charge is -2.39. The Labute approximate surface area is 103 Å². The van der Waals surface area contributed by atoms with E-state index in [-0.39, 0.29) is 11.4 Å². The van der Waals surface area contributed by atoms with E-state index in [0.717, 1.165) is 38.0 Å². The molecule has 94 valence electrons. The zero-order chi connectivity index (χ0) is 12.3. The highest BCUT2D eigenvalue weighted by molar-refractivity contribution is 5.17. The third-order valence-electron chi connectivity index (χ3n) is 3.91. The SMILES string of the molecule is CNC1(C)CCN(Cc2ccccc2F)CC1. The molecule has 1 aliphatic heterocycles. The highest BCUT2D eigenvalue weighted by Crippen LogP contribution is 2.22. The molecule has 1 saturated heterocycles. The van der Waals surface area contributed by atoms with Gasteiger partial charge in [0.25, 0.3) is 0 Å². The number of piperidine rings is 1. The first kappa shape index (κ1) is 12.5. The van der Waals surface area contributed by atoms with Crippen molar-refractivity contribution in [3.8, 4) is 0 Å². The number of likely N-dealkylation sites (tertiary alicyclic amines) is 1. The smallest absolute Gasteiger partial charge is 0.127 e. The molecule has 0 aliphatic carbocycles. The molecule has 0 bridgehead atoms. The maximum absolute atomic E-state index is 13.5. The average Bonchev–Trinajstić information content (AvgIpc) is 2.35. The van der Waals surface area contributed by atoms with Gasteiger partial charge in [0, 0.05) is 30.7 Å². The van der Waals surface area contributed by atoms with E-state index < -0.39 is 0 Å². The maximum atomic E-state index is 13.5. The summed E-state index contributed by atoms with van der Waals surface area (Å²) in [5.74, 6) is -0.0885. The summed E-state index contributed by atoms with van der Waals surface area (Å²) >= 11 is 0. The lowest BCUT2D eigenvalue weighted by molar-refractivity contribution is 0.145. The van der Waals surface area contributed by atoms with Crippen molar-refractivity contribution in [2.75, 3.05) is 20.1 Å². The van der Waals surface area contributed by atoms with Crippen LogP contribution in [0.4, 0.5) is 4.39 Å². The number of hydrogen-bond donors (Lipinski definition) is 1. The molecular formula is C14H21FN2. The van der Waals surface area contributed by atoms with Crippen LogP contribution < -0.4 is 5.32 Å². The topological polar surface area (TPSA) is 15.3 Å². The van der Waals surface area contributed by atoms with Gasteiger partial charge >= 0.3 is 0 Å². The quantitative estimate of drug-likeness (QED) is 0.867. The second-order valence-electron chi connectivity index (χ2n) is 5.18. The third kappa shape index (κ3) is 3.05. The number of benzene rings is 1. The highest BCUT2D eigenvalue weighted by Gasteiger charge is 2.28. The molecule has 0 unspecified atom stereocenters. The molecule has 3 heteroatoms. The van der Waals surface area contributed by atoms with Gasteiger partial charge in [0.15, 0.2) is 0 Å². The van der Waals surface area contributed by atoms with E-state index in [9.17, 15) is 4.39 Å². The maximum Gasteiger partial charge on any atom is 0.127 e. The normalized spacial score (nSPS) is 20.4.